The van der Waals surface area contributed by atoms with Crippen molar-refractivity contribution in [3.63, 3.8) is 0 Å². The molecule has 0 saturated heterocycles. The number of amides is 1. The highest BCUT2D eigenvalue weighted by Gasteiger charge is 2.28. The van der Waals surface area contributed by atoms with Gasteiger partial charge in [-0.15, -0.1) is 0 Å². The minimum Gasteiger partial charge on any atom is -0.445 e. The van der Waals surface area contributed by atoms with Gasteiger partial charge in [0.15, 0.2) is 0 Å². The minimum atomic E-state index is -3.96. The van der Waals surface area contributed by atoms with E-state index in [1.54, 1.807) is 6.07 Å². The van der Waals surface area contributed by atoms with Crippen LogP contribution in [0.3, 0.4) is 0 Å². The summed E-state index contributed by atoms with van der Waals surface area (Å²) < 4.78 is 28.9. The number of hydrogen-bond acceptors (Lipinski definition) is 4. The molecular weight excluding hydrogens is 385 g/mol. The SMILES string of the molecule is O=C(OCc1ccccc1)N1CCc2cc(Cl)cc(S(=O)(=O)Cl)c2C1. The summed E-state index contributed by atoms with van der Waals surface area (Å²) in [6.45, 7) is 0.689. The van der Waals surface area contributed by atoms with E-state index in [0.717, 1.165) is 11.1 Å². The number of hydrogen-bond donors (Lipinski definition) is 0. The van der Waals surface area contributed by atoms with E-state index in [-0.39, 0.29) is 18.0 Å². The molecule has 0 radical (unpaired) electrons. The summed E-state index contributed by atoms with van der Waals surface area (Å²) >= 11 is 5.98. The number of rotatable bonds is 3. The first kappa shape index (κ1) is 18.0. The van der Waals surface area contributed by atoms with Gasteiger partial charge in [0.05, 0.1) is 11.4 Å². The van der Waals surface area contributed by atoms with Gasteiger partial charge in [0.1, 0.15) is 6.61 Å². The topological polar surface area (TPSA) is 63.7 Å². The van der Waals surface area contributed by atoms with E-state index in [2.05, 4.69) is 0 Å². The molecule has 25 heavy (non-hydrogen) atoms. The fourth-order valence-electron chi connectivity index (χ4n) is 2.78. The first-order valence-corrected chi connectivity index (χ1v) is 10.2. The number of carbonyl (C=O) groups is 1. The molecule has 1 aliphatic rings. The number of nitrogens with zero attached hydrogens (tertiary/aromatic N) is 1. The largest absolute Gasteiger partial charge is 0.445 e. The van der Waals surface area contributed by atoms with Crippen LogP contribution in [0, 0.1) is 0 Å². The zero-order chi connectivity index (χ0) is 18.0. The standard InChI is InChI=1S/C17H15Cl2NO4S/c18-14-8-13-6-7-20(10-15(13)16(9-14)25(19,22)23)17(21)24-11-12-4-2-1-3-5-12/h1-5,8-9H,6-7,10-11H2. The Kier molecular flexibility index (Phi) is 5.22. The maximum absolute atomic E-state index is 12.3. The Morgan fingerprint density at radius 2 is 1.92 bits per heavy atom. The highest BCUT2D eigenvalue weighted by molar-refractivity contribution is 8.13. The summed E-state index contributed by atoms with van der Waals surface area (Å²) in [5.74, 6) is 0. The molecule has 2 aromatic rings. The Morgan fingerprint density at radius 3 is 2.60 bits per heavy atom. The summed E-state index contributed by atoms with van der Waals surface area (Å²) in [4.78, 5) is 13.7. The zero-order valence-electron chi connectivity index (χ0n) is 13.1. The normalized spacial score (nSPS) is 14.1. The molecule has 1 aliphatic heterocycles. The molecule has 0 aliphatic carbocycles. The number of ether oxygens (including phenoxy) is 1. The van der Waals surface area contributed by atoms with E-state index in [4.69, 9.17) is 27.0 Å². The molecule has 2 aromatic carbocycles. The van der Waals surface area contributed by atoms with Gasteiger partial charge in [0.2, 0.25) is 0 Å². The second-order valence-corrected chi connectivity index (χ2v) is 8.66. The number of halogens is 2. The summed E-state index contributed by atoms with van der Waals surface area (Å²) in [7, 11) is 1.55. The summed E-state index contributed by atoms with van der Waals surface area (Å²) in [5, 5.41) is 0.304. The third kappa shape index (κ3) is 4.26. The van der Waals surface area contributed by atoms with Gasteiger partial charge in [-0.25, -0.2) is 13.2 Å². The van der Waals surface area contributed by atoms with Crippen molar-refractivity contribution in [1.29, 1.82) is 0 Å². The van der Waals surface area contributed by atoms with Crippen LogP contribution in [0.4, 0.5) is 4.79 Å². The van der Waals surface area contributed by atoms with Crippen molar-refractivity contribution in [1.82, 2.24) is 4.90 Å². The average molecular weight is 400 g/mol. The van der Waals surface area contributed by atoms with Crippen molar-refractivity contribution in [2.24, 2.45) is 0 Å². The molecule has 0 unspecified atom stereocenters. The van der Waals surface area contributed by atoms with E-state index in [9.17, 15) is 13.2 Å². The van der Waals surface area contributed by atoms with Crippen LogP contribution in [0.2, 0.25) is 5.02 Å². The smallest absolute Gasteiger partial charge is 0.410 e. The lowest BCUT2D eigenvalue weighted by molar-refractivity contribution is 0.0915. The fourth-order valence-corrected chi connectivity index (χ4v) is 4.25. The highest BCUT2D eigenvalue weighted by Crippen LogP contribution is 2.31. The van der Waals surface area contributed by atoms with Gasteiger partial charge < -0.3 is 9.64 Å². The summed E-state index contributed by atoms with van der Waals surface area (Å²) in [6.07, 6.45) is -0.0159. The van der Waals surface area contributed by atoms with Gasteiger partial charge in [0.25, 0.3) is 9.05 Å². The molecule has 0 spiro atoms. The quantitative estimate of drug-likeness (QED) is 0.732. The van der Waals surface area contributed by atoms with E-state index in [1.807, 2.05) is 30.3 Å². The van der Waals surface area contributed by atoms with Crippen LogP contribution in [0.1, 0.15) is 16.7 Å². The Morgan fingerprint density at radius 1 is 1.20 bits per heavy atom. The molecule has 5 nitrogen and oxygen atoms in total. The highest BCUT2D eigenvalue weighted by atomic mass is 35.7. The molecule has 0 saturated carbocycles. The molecule has 1 heterocycles. The molecule has 0 N–H and O–H groups in total. The molecule has 0 bridgehead atoms. The van der Waals surface area contributed by atoms with E-state index in [0.29, 0.717) is 23.6 Å². The molecule has 0 atom stereocenters. The van der Waals surface area contributed by atoms with Crippen LogP contribution in [-0.4, -0.2) is 26.0 Å². The van der Waals surface area contributed by atoms with Gasteiger partial charge in [-0.1, -0.05) is 41.9 Å². The second kappa shape index (κ2) is 7.23. The lowest BCUT2D eigenvalue weighted by Crippen LogP contribution is -2.37. The van der Waals surface area contributed by atoms with Crippen LogP contribution in [0.25, 0.3) is 0 Å². The lowest BCUT2D eigenvalue weighted by atomic mass is 10.00. The van der Waals surface area contributed by atoms with Crippen molar-refractivity contribution >= 4 is 37.4 Å². The Hall–Kier alpha value is -1.76. The Labute approximate surface area is 155 Å². The molecular formula is C17H15Cl2NO4S. The first-order chi connectivity index (χ1) is 11.8. The molecule has 132 valence electrons. The number of benzene rings is 2. The molecule has 0 fully saturated rings. The van der Waals surface area contributed by atoms with E-state index in [1.165, 1.54) is 11.0 Å². The molecule has 3 rings (SSSR count). The van der Waals surface area contributed by atoms with Crippen LogP contribution in [0.5, 0.6) is 0 Å². The van der Waals surface area contributed by atoms with Gasteiger partial charge in [-0.2, -0.15) is 0 Å². The third-order valence-electron chi connectivity index (χ3n) is 3.99. The second-order valence-electron chi connectivity index (χ2n) is 5.69. The third-order valence-corrected chi connectivity index (χ3v) is 5.60. The van der Waals surface area contributed by atoms with Gasteiger partial charge >= 0.3 is 6.09 Å². The van der Waals surface area contributed by atoms with E-state index >= 15 is 0 Å². The Bertz CT molecular complexity index is 900. The van der Waals surface area contributed by atoms with Crippen molar-refractivity contribution in [2.45, 2.75) is 24.5 Å². The van der Waals surface area contributed by atoms with Crippen LogP contribution in [-0.2, 0) is 33.4 Å². The average Bonchev–Trinajstić information content (AvgIpc) is 2.58. The van der Waals surface area contributed by atoms with Crippen molar-refractivity contribution in [3.8, 4) is 0 Å². The van der Waals surface area contributed by atoms with Crippen LogP contribution < -0.4 is 0 Å². The number of fused-ring (bicyclic) bond motifs is 1. The van der Waals surface area contributed by atoms with Crippen molar-refractivity contribution in [2.75, 3.05) is 6.54 Å². The van der Waals surface area contributed by atoms with E-state index < -0.39 is 15.1 Å². The minimum absolute atomic E-state index is 0.0581. The predicted molar refractivity (Wildman–Crippen MR) is 95.2 cm³/mol. The maximum Gasteiger partial charge on any atom is 0.410 e. The zero-order valence-corrected chi connectivity index (χ0v) is 15.4. The predicted octanol–water partition coefficient (Wildman–Crippen LogP) is 3.96. The van der Waals surface area contributed by atoms with Crippen LogP contribution >= 0.6 is 22.3 Å². The Balaban J connectivity index is 1.77. The van der Waals surface area contributed by atoms with Crippen LogP contribution in [0.15, 0.2) is 47.4 Å². The monoisotopic (exact) mass is 399 g/mol. The van der Waals surface area contributed by atoms with Gasteiger partial charge in [0, 0.05) is 22.2 Å². The van der Waals surface area contributed by atoms with Gasteiger partial charge in [-0.05, 0) is 35.2 Å². The van der Waals surface area contributed by atoms with Gasteiger partial charge in [-0.3, -0.25) is 0 Å². The summed E-state index contributed by atoms with van der Waals surface area (Å²) in [5.41, 5.74) is 2.14. The maximum atomic E-state index is 12.3. The molecule has 1 amide bonds. The van der Waals surface area contributed by atoms with Crippen molar-refractivity contribution in [3.05, 3.63) is 64.2 Å². The lowest BCUT2D eigenvalue weighted by Gasteiger charge is -2.29. The molecule has 0 aromatic heterocycles. The fraction of sp³-hybridized carbons (Fsp3) is 0.235. The molecule has 8 heteroatoms. The first-order valence-electron chi connectivity index (χ1n) is 7.56. The number of carbonyl (C=O) groups excluding carboxylic acids is 1. The summed E-state index contributed by atoms with van der Waals surface area (Å²) in [6, 6.07) is 12.3. The van der Waals surface area contributed by atoms with Crippen molar-refractivity contribution < 1.29 is 17.9 Å².